The molecule has 0 radical (unpaired) electrons. The minimum Gasteiger partial charge on any atom is -0.504 e. The predicted octanol–water partition coefficient (Wildman–Crippen LogP) is 3.70. The summed E-state index contributed by atoms with van der Waals surface area (Å²) in [6.45, 7) is 0. The quantitative estimate of drug-likeness (QED) is 0.817. The van der Waals surface area contributed by atoms with Crippen LogP contribution in [-0.2, 0) is 21.8 Å². The van der Waals surface area contributed by atoms with Gasteiger partial charge in [-0.1, -0.05) is 18.2 Å². The van der Waals surface area contributed by atoms with E-state index in [0.29, 0.717) is 5.56 Å². The number of aromatic hydroxyl groups is 2. The maximum atomic E-state index is 12.5. The molecule has 24 heavy (non-hydrogen) atoms. The van der Waals surface area contributed by atoms with Gasteiger partial charge >= 0.3 is 6.18 Å². The zero-order valence-corrected chi connectivity index (χ0v) is 13.0. The number of hydrogen-bond acceptors (Lipinski definition) is 4. The van der Waals surface area contributed by atoms with Crippen molar-refractivity contribution in [3.8, 4) is 11.5 Å². The summed E-state index contributed by atoms with van der Waals surface area (Å²) in [7, 11) is -3.71. The van der Waals surface area contributed by atoms with Gasteiger partial charge in [0, 0.05) is 5.41 Å². The van der Waals surface area contributed by atoms with Gasteiger partial charge in [-0.15, -0.1) is 0 Å². The van der Waals surface area contributed by atoms with Gasteiger partial charge in [0.15, 0.2) is 21.3 Å². The molecule has 0 atom stereocenters. The molecule has 0 saturated carbocycles. The first-order chi connectivity index (χ1) is 11.1. The molecule has 0 fully saturated rings. The van der Waals surface area contributed by atoms with Crippen LogP contribution in [0.2, 0.25) is 0 Å². The molecule has 0 aliphatic heterocycles. The Morgan fingerprint density at radius 3 is 2.12 bits per heavy atom. The minimum absolute atomic E-state index is 0.223. The maximum absolute atomic E-state index is 12.5. The second-order valence-corrected chi connectivity index (χ2v) is 6.94. The second-order valence-electron chi connectivity index (χ2n) is 5.05. The van der Waals surface area contributed by atoms with Crippen LogP contribution in [0.15, 0.2) is 47.9 Å². The molecule has 0 bridgehead atoms. The highest BCUT2D eigenvalue weighted by Gasteiger charge is 2.30. The Kier molecular flexibility index (Phi) is 4.88. The fourth-order valence-corrected chi connectivity index (χ4v) is 3.01. The molecule has 2 N–H and O–H groups in total. The number of rotatable bonds is 4. The first-order valence-electron chi connectivity index (χ1n) is 6.66. The van der Waals surface area contributed by atoms with Crippen molar-refractivity contribution in [2.75, 3.05) is 0 Å². The number of sulfone groups is 1. The Morgan fingerprint density at radius 1 is 0.958 bits per heavy atom. The van der Waals surface area contributed by atoms with Crippen LogP contribution in [0.25, 0.3) is 6.08 Å². The van der Waals surface area contributed by atoms with Crippen molar-refractivity contribution < 1.29 is 31.8 Å². The largest absolute Gasteiger partial charge is 0.504 e. The molecule has 2 rings (SSSR count). The van der Waals surface area contributed by atoms with Crippen molar-refractivity contribution in [3.63, 3.8) is 0 Å². The van der Waals surface area contributed by atoms with Gasteiger partial charge in [-0.25, -0.2) is 8.42 Å². The summed E-state index contributed by atoms with van der Waals surface area (Å²) in [4.78, 5) is 0. The number of phenolic OH excluding ortho intramolecular Hbond substituents is 2. The lowest BCUT2D eigenvalue weighted by molar-refractivity contribution is -0.137. The SMILES string of the molecule is O=S(=O)(/C=C/c1ccc(O)c(O)c1)Cc1ccc(C(F)(F)F)cc1. The monoisotopic (exact) mass is 358 g/mol. The standard InChI is InChI=1S/C16H13F3O4S/c17-16(18,19)13-4-1-12(2-5-13)10-24(22,23)8-7-11-3-6-14(20)15(21)9-11/h1-9,20-21H,10H2/b8-7+. The fourth-order valence-electron chi connectivity index (χ4n) is 1.90. The van der Waals surface area contributed by atoms with Crippen LogP contribution >= 0.6 is 0 Å². The second kappa shape index (κ2) is 6.56. The first kappa shape index (κ1) is 17.9. The summed E-state index contributed by atoms with van der Waals surface area (Å²) in [5, 5.41) is 19.4. The average molecular weight is 358 g/mol. The highest BCUT2D eigenvalue weighted by molar-refractivity contribution is 7.93. The van der Waals surface area contributed by atoms with E-state index < -0.39 is 33.1 Å². The lowest BCUT2D eigenvalue weighted by atomic mass is 10.1. The number of hydrogen-bond donors (Lipinski definition) is 2. The first-order valence-corrected chi connectivity index (χ1v) is 8.37. The van der Waals surface area contributed by atoms with E-state index in [1.165, 1.54) is 24.3 Å². The predicted molar refractivity (Wildman–Crippen MR) is 82.9 cm³/mol. The number of alkyl halides is 3. The molecule has 0 aromatic heterocycles. The van der Waals surface area contributed by atoms with Crippen molar-refractivity contribution in [2.24, 2.45) is 0 Å². The van der Waals surface area contributed by atoms with Crippen molar-refractivity contribution >= 4 is 15.9 Å². The van der Waals surface area contributed by atoms with E-state index in [2.05, 4.69) is 0 Å². The van der Waals surface area contributed by atoms with E-state index in [1.54, 1.807) is 0 Å². The summed E-state index contributed by atoms with van der Waals surface area (Å²) in [6, 6.07) is 7.66. The number of benzene rings is 2. The van der Waals surface area contributed by atoms with E-state index in [0.717, 1.165) is 29.7 Å². The van der Waals surface area contributed by atoms with Gasteiger partial charge in [0.2, 0.25) is 0 Å². The van der Waals surface area contributed by atoms with E-state index in [9.17, 15) is 31.8 Å². The molecule has 4 nitrogen and oxygen atoms in total. The van der Waals surface area contributed by atoms with E-state index in [1.807, 2.05) is 0 Å². The third-order valence-electron chi connectivity index (χ3n) is 3.12. The lowest BCUT2D eigenvalue weighted by Gasteiger charge is -2.07. The summed E-state index contributed by atoms with van der Waals surface area (Å²) < 4.78 is 61.3. The van der Waals surface area contributed by atoms with Gasteiger partial charge in [0.25, 0.3) is 0 Å². The molecule has 128 valence electrons. The highest BCUT2D eigenvalue weighted by atomic mass is 32.2. The van der Waals surface area contributed by atoms with Crippen LogP contribution in [0, 0.1) is 0 Å². The maximum Gasteiger partial charge on any atom is 0.416 e. The normalized spacial score (nSPS) is 12.6. The van der Waals surface area contributed by atoms with Gasteiger partial charge in [0.05, 0.1) is 11.3 Å². The van der Waals surface area contributed by atoms with Gasteiger partial charge in [0.1, 0.15) is 0 Å². The molecule has 0 amide bonds. The Morgan fingerprint density at radius 2 is 1.58 bits per heavy atom. The van der Waals surface area contributed by atoms with Gasteiger partial charge in [-0.3, -0.25) is 0 Å². The molecule has 2 aromatic carbocycles. The van der Waals surface area contributed by atoms with Crippen molar-refractivity contribution in [1.82, 2.24) is 0 Å². The molecule has 0 aliphatic carbocycles. The lowest BCUT2D eigenvalue weighted by Crippen LogP contribution is -2.05. The van der Waals surface area contributed by atoms with Crippen LogP contribution in [0.1, 0.15) is 16.7 Å². The molecular formula is C16H13F3O4S. The topological polar surface area (TPSA) is 74.6 Å². The Labute approximate surface area is 136 Å². The summed E-state index contributed by atoms with van der Waals surface area (Å²) in [5.41, 5.74) is -0.277. The Bertz CT molecular complexity index is 854. The van der Waals surface area contributed by atoms with Crippen LogP contribution < -0.4 is 0 Å². The molecule has 0 saturated heterocycles. The molecule has 0 spiro atoms. The summed E-state index contributed by atoms with van der Waals surface area (Å²) >= 11 is 0. The fraction of sp³-hybridized carbons (Fsp3) is 0.125. The van der Waals surface area contributed by atoms with E-state index in [4.69, 9.17) is 0 Å². The van der Waals surface area contributed by atoms with Gasteiger partial charge in [-0.2, -0.15) is 13.2 Å². The van der Waals surface area contributed by atoms with Crippen LogP contribution in [0.3, 0.4) is 0 Å². The highest BCUT2D eigenvalue weighted by Crippen LogP contribution is 2.29. The van der Waals surface area contributed by atoms with Crippen molar-refractivity contribution in [2.45, 2.75) is 11.9 Å². The van der Waals surface area contributed by atoms with Crippen molar-refractivity contribution in [3.05, 3.63) is 64.6 Å². The number of halogens is 3. The Balaban J connectivity index is 2.13. The molecule has 0 aliphatic rings. The van der Waals surface area contributed by atoms with Crippen LogP contribution in [0.4, 0.5) is 13.2 Å². The minimum atomic E-state index is -4.47. The number of phenols is 2. The molecule has 2 aromatic rings. The van der Waals surface area contributed by atoms with Gasteiger partial charge in [-0.05, 0) is 41.5 Å². The van der Waals surface area contributed by atoms with Crippen molar-refractivity contribution in [1.29, 1.82) is 0 Å². The van der Waals surface area contributed by atoms with E-state index >= 15 is 0 Å². The zero-order valence-electron chi connectivity index (χ0n) is 12.2. The molecule has 0 unspecified atom stereocenters. The third-order valence-corrected chi connectivity index (χ3v) is 4.40. The van der Waals surface area contributed by atoms with Crippen LogP contribution in [0.5, 0.6) is 11.5 Å². The van der Waals surface area contributed by atoms with Gasteiger partial charge < -0.3 is 10.2 Å². The zero-order chi connectivity index (χ0) is 18.0. The molecular weight excluding hydrogens is 345 g/mol. The third kappa shape index (κ3) is 4.76. The van der Waals surface area contributed by atoms with E-state index in [-0.39, 0.29) is 11.3 Å². The average Bonchev–Trinajstić information content (AvgIpc) is 2.48. The summed E-state index contributed by atoms with van der Waals surface area (Å²) in [6.07, 6.45) is -3.25. The van der Waals surface area contributed by atoms with Crippen LogP contribution in [-0.4, -0.2) is 18.6 Å². The smallest absolute Gasteiger partial charge is 0.416 e. The Hall–Kier alpha value is -2.48. The molecule has 0 heterocycles. The summed E-state index contributed by atoms with van der Waals surface area (Å²) in [5.74, 6) is -1.18. The molecule has 8 heteroatoms.